The van der Waals surface area contributed by atoms with Crippen LogP contribution in [0.25, 0.3) is 17.0 Å². The zero-order chi connectivity index (χ0) is 20.5. The number of anilines is 1. The highest BCUT2D eigenvalue weighted by atomic mass is 32.2. The SMILES string of the molecule is Cc1ccc(NC(=O)CN2C(=O)S/C(=C\c3cn(C)c4ccccc34)C2=O)cc1. The Morgan fingerprint density at radius 1 is 1.10 bits per heavy atom. The van der Waals surface area contributed by atoms with Crippen molar-refractivity contribution in [2.24, 2.45) is 7.05 Å². The summed E-state index contributed by atoms with van der Waals surface area (Å²) in [5.74, 6) is -0.866. The summed E-state index contributed by atoms with van der Waals surface area (Å²) in [6, 6.07) is 15.2. The van der Waals surface area contributed by atoms with Gasteiger partial charge < -0.3 is 9.88 Å². The number of aromatic nitrogens is 1. The summed E-state index contributed by atoms with van der Waals surface area (Å²) in [6.07, 6.45) is 3.63. The van der Waals surface area contributed by atoms with Gasteiger partial charge >= 0.3 is 0 Å². The second-order valence-corrected chi connectivity index (χ2v) is 7.89. The second-order valence-electron chi connectivity index (χ2n) is 6.89. The van der Waals surface area contributed by atoms with Crippen LogP contribution in [0, 0.1) is 6.92 Å². The van der Waals surface area contributed by atoms with Crippen LogP contribution in [-0.2, 0) is 16.6 Å². The molecule has 1 saturated heterocycles. The van der Waals surface area contributed by atoms with E-state index in [1.165, 1.54) is 0 Å². The van der Waals surface area contributed by atoms with E-state index >= 15 is 0 Å². The van der Waals surface area contributed by atoms with Gasteiger partial charge in [0.15, 0.2) is 0 Å². The monoisotopic (exact) mass is 405 g/mol. The number of rotatable bonds is 4. The topological polar surface area (TPSA) is 71.4 Å². The second kappa shape index (κ2) is 7.60. The number of amides is 3. The molecule has 0 aliphatic carbocycles. The van der Waals surface area contributed by atoms with E-state index in [9.17, 15) is 14.4 Å². The van der Waals surface area contributed by atoms with Gasteiger partial charge in [0.25, 0.3) is 11.1 Å². The third kappa shape index (κ3) is 3.82. The number of fused-ring (bicyclic) bond motifs is 1. The summed E-state index contributed by atoms with van der Waals surface area (Å²) in [4.78, 5) is 38.6. The molecule has 0 atom stereocenters. The number of carbonyl (C=O) groups excluding carboxylic acids is 3. The average Bonchev–Trinajstić information content (AvgIpc) is 3.15. The normalized spacial score (nSPS) is 15.5. The van der Waals surface area contributed by atoms with E-state index in [0.29, 0.717) is 10.6 Å². The number of hydrogen-bond donors (Lipinski definition) is 1. The maximum Gasteiger partial charge on any atom is 0.294 e. The Balaban J connectivity index is 1.51. The van der Waals surface area contributed by atoms with Crippen molar-refractivity contribution in [2.75, 3.05) is 11.9 Å². The number of nitrogens with zero attached hydrogens (tertiary/aromatic N) is 2. The van der Waals surface area contributed by atoms with Crippen molar-refractivity contribution >= 4 is 51.5 Å². The van der Waals surface area contributed by atoms with Crippen LogP contribution in [0.2, 0.25) is 0 Å². The quantitative estimate of drug-likeness (QED) is 0.662. The fourth-order valence-electron chi connectivity index (χ4n) is 3.25. The van der Waals surface area contributed by atoms with Crippen molar-refractivity contribution in [3.63, 3.8) is 0 Å². The minimum Gasteiger partial charge on any atom is -0.350 e. The minimum absolute atomic E-state index is 0.314. The van der Waals surface area contributed by atoms with Crippen molar-refractivity contribution in [1.29, 1.82) is 0 Å². The van der Waals surface area contributed by atoms with Gasteiger partial charge in [-0.3, -0.25) is 19.3 Å². The van der Waals surface area contributed by atoms with Gasteiger partial charge in [-0.25, -0.2) is 0 Å². The lowest BCUT2D eigenvalue weighted by Gasteiger charge is -2.12. The van der Waals surface area contributed by atoms with Crippen LogP contribution in [-0.4, -0.2) is 33.1 Å². The summed E-state index contributed by atoms with van der Waals surface area (Å²) in [5, 5.41) is 3.27. The molecule has 6 nitrogen and oxygen atoms in total. The van der Waals surface area contributed by atoms with Crippen molar-refractivity contribution in [1.82, 2.24) is 9.47 Å². The molecule has 1 aliphatic heterocycles. The van der Waals surface area contributed by atoms with E-state index in [1.807, 2.05) is 61.1 Å². The molecule has 0 radical (unpaired) electrons. The first-order chi connectivity index (χ1) is 13.9. The van der Waals surface area contributed by atoms with Crippen molar-refractivity contribution < 1.29 is 14.4 Å². The number of aryl methyl sites for hydroxylation is 2. The summed E-state index contributed by atoms with van der Waals surface area (Å²) < 4.78 is 1.97. The molecule has 1 fully saturated rings. The van der Waals surface area contributed by atoms with Gasteiger partial charge in [0.1, 0.15) is 6.54 Å². The van der Waals surface area contributed by atoms with Crippen molar-refractivity contribution in [3.8, 4) is 0 Å². The molecule has 0 spiro atoms. The molecular weight excluding hydrogens is 386 g/mol. The highest BCUT2D eigenvalue weighted by Gasteiger charge is 2.36. The Morgan fingerprint density at radius 2 is 1.83 bits per heavy atom. The Morgan fingerprint density at radius 3 is 2.59 bits per heavy atom. The number of benzene rings is 2. The number of thioether (sulfide) groups is 1. The molecule has 3 aromatic rings. The lowest BCUT2D eigenvalue weighted by Crippen LogP contribution is -2.36. The van der Waals surface area contributed by atoms with Crippen LogP contribution in [0.1, 0.15) is 11.1 Å². The average molecular weight is 405 g/mol. The van der Waals surface area contributed by atoms with Crippen LogP contribution in [0.15, 0.2) is 59.6 Å². The lowest BCUT2D eigenvalue weighted by molar-refractivity contribution is -0.127. The molecule has 0 unspecified atom stereocenters. The summed E-state index contributed by atoms with van der Waals surface area (Å²) in [7, 11) is 1.93. The fourth-order valence-corrected chi connectivity index (χ4v) is 4.08. The van der Waals surface area contributed by atoms with Crippen LogP contribution in [0.4, 0.5) is 10.5 Å². The molecule has 0 saturated carbocycles. The van der Waals surface area contributed by atoms with Crippen molar-refractivity contribution in [2.45, 2.75) is 6.92 Å². The van der Waals surface area contributed by atoms with Gasteiger partial charge in [-0.05, 0) is 43.0 Å². The number of carbonyl (C=O) groups is 3. The molecule has 2 aromatic carbocycles. The van der Waals surface area contributed by atoms with Gasteiger partial charge in [-0.15, -0.1) is 0 Å². The minimum atomic E-state index is -0.452. The largest absolute Gasteiger partial charge is 0.350 e. The molecular formula is C22H19N3O3S. The Hall–Kier alpha value is -3.32. The predicted molar refractivity (Wildman–Crippen MR) is 115 cm³/mol. The molecule has 3 amide bonds. The van der Waals surface area contributed by atoms with E-state index in [0.717, 1.165) is 38.7 Å². The van der Waals surface area contributed by atoms with E-state index in [2.05, 4.69) is 5.32 Å². The number of para-hydroxylation sites is 1. The maximum absolute atomic E-state index is 12.7. The highest BCUT2D eigenvalue weighted by molar-refractivity contribution is 8.18. The van der Waals surface area contributed by atoms with Gasteiger partial charge in [0, 0.05) is 35.4 Å². The molecule has 2 heterocycles. The smallest absolute Gasteiger partial charge is 0.294 e. The Labute approximate surface area is 172 Å². The molecule has 1 aromatic heterocycles. The maximum atomic E-state index is 12.7. The van der Waals surface area contributed by atoms with E-state index in [1.54, 1.807) is 18.2 Å². The molecule has 29 heavy (non-hydrogen) atoms. The van der Waals surface area contributed by atoms with E-state index < -0.39 is 17.1 Å². The third-order valence-electron chi connectivity index (χ3n) is 4.73. The van der Waals surface area contributed by atoms with Gasteiger partial charge in [0.2, 0.25) is 5.91 Å². The zero-order valence-electron chi connectivity index (χ0n) is 16.0. The Kier molecular flexibility index (Phi) is 4.98. The van der Waals surface area contributed by atoms with E-state index in [-0.39, 0.29) is 6.54 Å². The van der Waals surface area contributed by atoms with E-state index in [4.69, 9.17) is 0 Å². The lowest BCUT2D eigenvalue weighted by atomic mass is 10.1. The fraction of sp³-hybridized carbons (Fsp3) is 0.136. The molecule has 7 heteroatoms. The van der Waals surface area contributed by atoms with Gasteiger partial charge in [-0.1, -0.05) is 35.9 Å². The number of hydrogen-bond acceptors (Lipinski definition) is 4. The molecule has 0 bridgehead atoms. The number of nitrogens with one attached hydrogen (secondary N) is 1. The zero-order valence-corrected chi connectivity index (χ0v) is 16.8. The van der Waals surface area contributed by atoms with Crippen LogP contribution < -0.4 is 5.32 Å². The van der Waals surface area contributed by atoms with Crippen LogP contribution >= 0.6 is 11.8 Å². The van der Waals surface area contributed by atoms with Crippen molar-refractivity contribution in [3.05, 3.63) is 70.8 Å². The van der Waals surface area contributed by atoms with Crippen LogP contribution in [0.5, 0.6) is 0 Å². The van der Waals surface area contributed by atoms with Gasteiger partial charge in [0.05, 0.1) is 4.91 Å². The third-order valence-corrected chi connectivity index (χ3v) is 5.63. The summed E-state index contributed by atoms with van der Waals surface area (Å²) in [6.45, 7) is 1.64. The highest BCUT2D eigenvalue weighted by Crippen LogP contribution is 2.33. The first-order valence-electron chi connectivity index (χ1n) is 9.08. The predicted octanol–water partition coefficient (Wildman–Crippen LogP) is 4.16. The standard InChI is InChI=1S/C22H19N3O3S/c1-14-7-9-16(10-8-14)23-20(26)13-25-21(27)19(29-22(25)28)11-15-12-24(2)18-6-4-3-5-17(15)18/h3-12H,13H2,1-2H3,(H,23,26)/b19-11-. The molecule has 1 N–H and O–H groups in total. The number of imide groups is 1. The Bertz CT molecular complexity index is 1160. The first-order valence-corrected chi connectivity index (χ1v) is 9.90. The summed E-state index contributed by atoms with van der Waals surface area (Å²) >= 11 is 0.854. The first kappa shape index (κ1) is 19.0. The molecule has 1 aliphatic rings. The van der Waals surface area contributed by atoms with Gasteiger partial charge in [-0.2, -0.15) is 0 Å². The summed E-state index contributed by atoms with van der Waals surface area (Å²) in [5.41, 5.74) is 3.60. The van der Waals surface area contributed by atoms with Crippen LogP contribution in [0.3, 0.4) is 0 Å². The molecule has 4 rings (SSSR count). The molecule has 146 valence electrons.